The summed E-state index contributed by atoms with van der Waals surface area (Å²) in [6, 6.07) is 11.5. The van der Waals surface area contributed by atoms with Crippen LogP contribution in [-0.2, 0) is 13.0 Å². The predicted octanol–water partition coefficient (Wildman–Crippen LogP) is 3.03. The second-order valence-corrected chi connectivity index (χ2v) is 5.24. The summed E-state index contributed by atoms with van der Waals surface area (Å²) in [7, 11) is 3.88. The summed E-state index contributed by atoms with van der Waals surface area (Å²) >= 11 is 0. The minimum atomic E-state index is -0.205. The van der Waals surface area contributed by atoms with Crippen molar-refractivity contribution in [3.63, 3.8) is 0 Å². The first-order valence-electron chi connectivity index (χ1n) is 7.35. The van der Waals surface area contributed by atoms with Crippen LogP contribution in [0.15, 0.2) is 42.6 Å². The van der Waals surface area contributed by atoms with Crippen LogP contribution in [0.2, 0.25) is 0 Å². The van der Waals surface area contributed by atoms with E-state index in [1.165, 1.54) is 0 Å². The van der Waals surface area contributed by atoms with Gasteiger partial charge in [0.1, 0.15) is 5.82 Å². The Labute approximate surface area is 131 Å². The second-order valence-electron chi connectivity index (χ2n) is 5.24. The zero-order chi connectivity index (χ0) is 15.9. The molecule has 116 valence electrons. The summed E-state index contributed by atoms with van der Waals surface area (Å²) in [5.74, 6) is 0.871. The molecule has 2 aromatic rings. The van der Waals surface area contributed by atoms with Gasteiger partial charge >= 0.3 is 6.03 Å². The van der Waals surface area contributed by atoms with Gasteiger partial charge in [0, 0.05) is 32.5 Å². The lowest BCUT2D eigenvalue weighted by Gasteiger charge is -2.13. The van der Waals surface area contributed by atoms with Gasteiger partial charge in [-0.15, -0.1) is 0 Å². The molecule has 0 saturated carbocycles. The van der Waals surface area contributed by atoms with Gasteiger partial charge < -0.3 is 15.5 Å². The quantitative estimate of drug-likeness (QED) is 0.892. The third kappa shape index (κ3) is 4.22. The Bertz CT molecular complexity index is 640. The normalized spacial score (nSPS) is 10.1. The first-order valence-corrected chi connectivity index (χ1v) is 7.35. The minimum Gasteiger partial charge on any atom is -0.363 e. The highest BCUT2D eigenvalue weighted by molar-refractivity contribution is 5.90. The summed E-state index contributed by atoms with van der Waals surface area (Å²) < 4.78 is 0. The van der Waals surface area contributed by atoms with E-state index in [0.717, 1.165) is 29.1 Å². The molecule has 22 heavy (non-hydrogen) atoms. The van der Waals surface area contributed by atoms with Crippen molar-refractivity contribution in [2.45, 2.75) is 19.9 Å². The first-order chi connectivity index (χ1) is 10.6. The summed E-state index contributed by atoms with van der Waals surface area (Å²) in [5, 5.41) is 5.76. The van der Waals surface area contributed by atoms with Crippen LogP contribution in [0.3, 0.4) is 0 Å². The molecule has 1 aromatic heterocycles. The number of pyridine rings is 1. The lowest BCUT2D eigenvalue weighted by atomic mass is 10.1. The van der Waals surface area contributed by atoms with Crippen molar-refractivity contribution in [3.05, 3.63) is 53.7 Å². The van der Waals surface area contributed by atoms with E-state index in [-0.39, 0.29) is 6.03 Å². The summed E-state index contributed by atoms with van der Waals surface area (Å²) in [5.41, 5.74) is 2.99. The van der Waals surface area contributed by atoms with Gasteiger partial charge in [-0.05, 0) is 35.7 Å². The minimum absolute atomic E-state index is 0.205. The number of carbonyl (C=O) groups excluding carboxylic acids is 1. The van der Waals surface area contributed by atoms with E-state index in [1.54, 1.807) is 6.20 Å². The fraction of sp³-hybridized carbons (Fsp3) is 0.294. The number of carbonyl (C=O) groups is 1. The van der Waals surface area contributed by atoms with Crippen LogP contribution in [0.5, 0.6) is 0 Å². The van der Waals surface area contributed by atoms with Crippen LogP contribution in [0.25, 0.3) is 0 Å². The van der Waals surface area contributed by atoms with Gasteiger partial charge in [-0.25, -0.2) is 9.78 Å². The van der Waals surface area contributed by atoms with Gasteiger partial charge in [-0.2, -0.15) is 0 Å². The number of nitrogens with zero attached hydrogens (tertiary/aromatic N) is 2. The van der Waals surface area contributed by atoms with Crippen LogP contribution < -0.4 is 15.5 Å². The predicted molar refractivity (Wildman–Crippen MR) is 90.2 cm³/mol. The van der Waals surface area contributed by atoms with E-state index in [0.29, 0.717) is 6.54 Å². The Balaban J connectivity index is 1.94. The molecule has 5 nitrogen and oxygen atoms in total. The maximum atomic E-state index is 12.0. The number of rotatable bonds is 5. The average molecular weight is 298 g/mol. The van der Waals surface area contributed by atoms with E-state index in [2.05, 4.69) is 22.5 Å². The number of para-hydroxylation sites is 1. The number of anilines is 2. The zero-order valence-electron chi connectivity index (χ0n) is 13.3. The number of hydrogen-bond acceptors (Lipinski definition) is 3. The van der Waals surface area contributed by atoms with E-state index in [4.69, 9.17) is 0 Å². The van der Waals surface area contributed by atoms with Gasteiger partial charge in [-0.1, -0.05) is 25.1 Å². The molecule has 0 aliphatic heterocycles. The maximum absolute atomic E-state index is 12.0. The van der Waals surface area contributed by atoms with Gasteiger partial charge in [-0.3, -0.25) is 0 Å². The molecule has 2 amide bonds. The Morgan fingerprint density at radius 2 is 2.00 bits per heavy atom. The SMILES string of the molecule is CCc1ccccc1NC(=O)NCc1ccnc(N(C)C)c1. The molecule has 0 saturated heterocycles. The number of nitrogens with one attached hydrogen (secondary N) is 2. The van der Waals surface area contributed by atoms with Gasteiger partial charge in [0.05, 0.1) is 0 Å². The molecule has 5 heteroatoms. The van der Waals surface area contributed by atoms with Crippen LogP contribution in [0, 0.1) is 0 Å². The molecule has 0 atom stereocenters. The highest BCUT2D eigenvalue weighted by atomic mass is 16.2. The molecule has 1 aromatic carbocycles. The number of aryl methyl sites for hydroxylation is 1. The van der Waals surface area contributed by atoms with Crippen LogP contribution in [-0.4, -0.2) is 25.1 Å². The number of aromatic nitrogens is 1. The Morgan fingerprint density at radius 1 is 1.23 bits per heavy atom. The Hall–Kier alpha value is -2.56. The van der Waals surface area contributed by atoms with E-state index in [1.807, 2.05) is 55.4 Å². The van der Waals surface area contributed by atoms with Gasteiger partial charge in [0.15, 0.2) is 0 Å². The fourth-order valence-corrected chi connectivity index (χ4v) is 2.11. The molecule has 0 aliphatic rings. The lowest BCUT2D eigenvalue weighted by molar-refractivity contribution is 0.251. The third-order valence-electron chi connectivity index (χ3n) is 3.37. The summed E-state index contributed by atoms with van der Waals surface area (Å²) in [4.78, 5) is 18.2. The van der Waals surface area contributed by atoms with Crippen LogP contribution >= 0.6 is 0 Å². The molecule has 2 rings (SSSR count). The molecule has 0 fully saturated rings. The fourth-order valence-electron chi connectivity index (χ4n) is 2.11. The average Bonchev–Trinajstić information content (AvgIpc) is 2.53. The van der Waals surface area contributed by atoms with E-state index in [9.17, 15) is 4.79 Å². The molecular weight excluding hydrogens is 276 g/mol. The number of hydrogen-bond donors (Lipinski definition) is 2. The largest absolute Gasteiger partial charge is 0.363 e. The first kappa shape index (κ1) is 15.8. The van der Waals surface area contributed by atoms with Crippen LogP contribution in [0.1, 0.15) is 18.1 Å². The number of amides is 2. The molecule has 2 N–H and O–H groups in total. The summed E-state index contributed by atoms with van der Waals surface area (Å²) in [6.45, 7) is 2.53. The zero-order valence-corrected chi connectivity index (χ0v) is 13.3. The third-order valence-corrected chi connectivity index (χ3v) is 3.37. The summed E-state index contributed by atoms with van der Waals surface area (Å²) in [6.07, 6.45) is 2.63. The smallest absolute Gasteiger partial charge is 0.319 e. The van der Waals surface area contributed by atoms with E-state index >= 15 is 0 Å². The number of benzene rings is 1. The molecule has 0 bridgehead atoms. The topological polar surface area (TPSA) is 57.3 Å². The van der Waals surface area contributed by atoms with Crippen molar-refractivity contribution >= 4 is 17.5 Å². The van der Waals surface area contributed by atoms with Gasteiger partial charge in [0.25, 0.3) is 0 Å². The highest BCUT2D eigenvalue weighted by Gasteiger charge is 2.05. The molecule has 1 heterocycles. The molecule has 0 radical (unpaired) electrons. The Kier molecular flexibility index (Phi) is 5.36. The molecule has 0 spiro atoms. The molecule has 0 aliphatic carbocycles. The van der Waals surface area contributed by atoms with Crippen LogP contribution in [0.4, 0.5) is 16.3 Å². The number of urea groups is 1. The van der Waals surface area contributed by atoms with Crippen molar-refractivity contribution in [1.82, 2.24) is 10.3 Å². The molecular formula is C17H22N4O. The lowest BCUT2D eigenvalue weighted by Crippen LogP contribution is -2.28. The van der Waals surface area contributed by atoms with Gasteiger partial charge in [0.2, 0.25) is 0 Å². The highest BCUT2D eigenvalue weighted by Crippen LogP contribution is 2.15. The second kappa shape index (κ2) is 7.45. The molecule has 0 unspecified atom stereocenters. The van der Waals surface area contributed by atoms with Crippen molar-refractivity contribution in [2.75, 3.05) is 24.3 Å². The van der Waals surface area contributed by atoms with Crippen molar-refractivity contribution in [1.29, 1.82) is 0 Å². The van der Waals surface area contributed by atoms with Crippen molar-refractivity contribution < 1.29 is 4.79 Å². The van der Waals surface area contributed by atoms with Crippen molar-refractivity contribution in [3.8, 4) is 0 Å². The standard InChI is InChI=1S/C17H22N4O/c1-4-14-7-5-6-8-15(14)20-17(22)19-12-13-9-10-18-16(11-13)21(2)3/h5-11H,4,12H2,1-3H3,(H2,19,20,22). The monoisotopic (exact) mass is 298 g/mol. The maximum Gasteiger partial charge on any atom is 0.319 e. The Morgan fingerprint density at radius 3 is 2.73 bits per heavy atom. The van der Waals surface area contributed by atoms with E-state index < -0.39 is 0 Å². The van der Waals surface area contributed by atoms with Crippen molar-refractivity contribution in [2.24, 2.45) is 0 Å².